The average Bonchev–Trinajstić information content (AvgIpc) is 2.73. The first-order valence-corrected chi connectivity index (χ1v) is 5.45. The molecule has 1 aromatic heterocycles. The number of aromatic nitrogens is 2. The second-order valence-electron chi connectivity index (χ2n) is 3.10. The molecule has 2 N–H and O–H groups in total. The summed E-state index contributed by atoms with van der Waals surface area (Å²) in [7, 11) is 1.64. The zero-order valence-electron chi connectivity index (χ0n) is 8.67. The minimum absolute atomic E-state index is 0.192. The van der Waals surface area contributed by atoms with Gasteiger partial charge < -0.3 is 15.2 Å². The number of hydrogen-bond donors (Lipinski definition) is 2. The average molecular weight is 237 g/mol. The van der Waals surface area contributed by atoms with Crippen LogP contribution in [0.5, 0.6) is 11.8 Å². The number of nitrogens with one attached hydrogen (secondary N) is 1. The van der Waals surface area contributed by atoms with Crippen LogP contribution < -0.4 is 10.1 Å². The Bertz CT molecular complexity index is 455. The van der Waals surface area contributed by atoms with Crippen LogP contribution in [0.25, 0.3) is 0 Å². The lowest BCUT2D eigenvalue weighted by atomic mass is 10.2. The van der Waals surface area contributed by atoms with Crippen molar-refractivity contribution in [2.75, 3.05) is 12.4 Å². The molecular weight excluding hydrogens is 226 g/mol. The van der Waals surface area contributed by atoms with Gasteiger partial charge in [-0.05, 0) is 17.7 Å². The lowest BCUT2D eigenvalue weighted by molar-refractivity contribution is 0.414. The fraction of sp³-hybridized carbons (Fsp3) is 0.200. The molecule has 0 aliphatic heterocycles. The summed E-state index contributed by atoms with van der Waals surface area (Å²) in [6.45, 7) is 0.638. The second kappa shape index (κ2) is 4.80. The Morgan fingerprint density at radius 2 is 2.12 bits per heavy atom. The largest absolute Gasteiger partial charge is 0.497 e. The van der Waals surface area contributed by atoms with E-state index in [2.05, 4.69) is 14.7 Å². The van der Waals surface area contributed by atoms with Gasteiger partial charge in [0.2, 0.25) is 5.13 Å². The number of ether oxygens (including phenoxy) is 1. The van der Waals surface area contributed by atoms with Gasteiger partial charge in [-0.1, -0.05) is 12.1 Å². The molecule has 0 amide bonds. The molecule has 0 aliphatic rings. The zero-order valence-corrected chi connectivity index (χ0v) is 9.49. The summed E-state index contributed by atoms with van der Waals surface area (Å²) in [6, 6.07) is 7.53. The van der Waals surface area contributed by atoms with Gasteiger partial charge in [-0.25, -0.2) is 0 Å². The van der Waals surface area contributed by atoms with Crippen LogP contribution >= 0.6 is 11.5 Å². The third kappa shape index (κ3) is 2.60. The van der Waals surface area contributed by atoms with E-state index in [0.29, 0.717) is 11.7 Å². The first-order chi connectivity index (χ1) is 7.78. The maximum Gasteiger partial charge on any atom is 0.327 e. The molecule has 0 fully saturated rings. The van der Waals surface area contributed by atoms with Crippen LogP contribution in [0.15, 0.2) is 24.3 Å². The van der Waals surface area contributed by atoms with Crippen LogP contribution in [-0.2, 0) is 6.54 Å². The molecule has 5 nitrogen and oxygen atoms in total. The first-order valence-electron chi connectivity index (χ1n) is 4.67. The second-order valence-corrected chi connectivity index (χ2v) is 3.85. The monoisotopic (exact) mass is 237 g/mol. The first kappa shape index (κ1) is 10.7. The van der Waals surface area contributed by atoms with E-state index in [9.17, 15) is 0 Å². The van der Waals surface area contributed by atoms with Crippen LogP contribution in [0.2, 0.25) is 0 Å². The van der Waals surface area contributed by atoms with E-state index in [4.69, 9.17) is 9.84 Å². The summed E-state index contributed by atoms with van der Waals surface area (Å²) in [4.78, 5) is 3.79. The van der Waals surface area contributed by atoms with E-state index >= 15 is 0 Å². The van der Waals surface area contributed by atoms with Crippen molar-refractivity contribution in [3.05, 3.63) is 29.8 Å². The fourth-order valence-corrected chi connectivity index (χ4v) is 1.68. The summed E-state index contributed by atoms with van der Waals surface area (Å²) >= 11 is 1.13. The molecule has 1 heterocycles. The zero-order chi connectivity index (χ0) is 11.4. The normalized spacial score (nSPS) is 10.1. The van der Waals surface area contributed by atoms with Crippen LogP contribution in [0.4, 0.5) is 5.13 Å². The molecular formula is C10H11N3O2S. The van der Waals surface area contributed by atoms with Crippen molar-refractivity contribution >= 4 is 16.7 Å². The van der Waals surface area contributed by atoms with Gasteiger partial charge in [0.15, 0.2) is 0 Å². The van der Waals surface area contributed by atoms with Crippen molar-refractivity contribution < 1.29 is 9.84 Å². The lowest BCUT2D eigenvalue weighted by Gasteiger charge is -2.03. The van der Waals surface area contributed by atoms with Crippen molar-refractivity contribution in [1.82, 2.24) is 9.36 Å². The van der Waals surface area contributed by atoms with Gasteiger partial charge in [-0.15, -0.1) is 4.37 Å². The van der Waals surface area contributed by atoms with E-state index < -0.39 is 0 Å². The minimum atomic E-state index is -0.192. The van der Waals surface area contributed by atoms with E-state index in [-0.39, 0.29) is 6.01 Å². The third-order valence-electron chi connectivity index (χ3n) is 2.02. The molecule has 0 unspecified atom stereocenters. The fourth-order valence-electron chi connectivity index (χ4n) is 1.21. The van der Waals surface area contributed by atoms with Crippen molar-refractivity contribution in [3.63, 3.8) is 0 Å². The SMILES string of the molecule is COc1ccc(CNc2nc(O)ns2)cc1. The highest BCUT2D eigenvalue weighted by atomic mass is 32.1. The molecule has 0 saturated heterocycles. The van der Waals surface area contributed by atoms with E-state index in [1.54, 1.807) is 7.11 Å². The Morgan fingerprint density at radius 3 is 2.69 bits per heavy atom. The van der Waals surface area contributed by atoms with Gasteiger partial charge in [0.25, 0.3) is 0 Å². The Morgan fingerprint density at radius 1 is 1.38 bits per heavy atom. The number of methoxy groups -OCH3 is 1. The van der Waals surface area contributed by atoms with Crippen LogP contribution in [-0.4, -0.2) is 21.6 Å². The van der Waals surface area contributed by atoms with Gasteiger partial charge in [-0.2, -0.15) is 4.98 Å². The molecule has 0 spiro atoms. The molecule has 0 bridgehead atoms. The smallest absolute Gasteiger partial charge is 0.327 e. The number of nitrogens with zero attached hydrogens (tertiary/aromatic N) is 2. The van der Waals surface area contributed by atoms with Crippen LogP contribution in [0.1, 0.15) is 5.56 Å². The quantitative estimate of drug-likeness (QED) is 0.849. The number of rotatable bonds is 4. The molecule has 0 radical (unpaired) electrons. The van der Waals surface area contributed by atoms with Gasteiger partial charge in [0, 0.05) is 18.1 Å². The number of aromatic hydroxyl groups is 1. The molecule has 2 aromatic rings. The van der Waals surface area contributed by atoms with Crippen molar-refractivity contribution in [2.45, 2.75) is 6.54 Å². The molecule has 2 rings (SSSR count). The minimum Gasteiger partial charge on any atom is -0.497 e. The predicted molar refractivity (Wildman–Crippen MR) is 61.9 cm³/mol. The Labute approximate surface area is 96.9 Å². The number of benzene rings is 1. The summed E-state index contributed by atoms with van der Waals surface area (Å²) < 4.78 is 8.72. The summed E-state index contributed by atoms with van der Waals surface area (Å²) in [6.07, 6.45) is 0. The molecule has 1 aromatic carbocycles. The van der Waals surface area contributed by atoms with Crippen molar-refractivity contribution in [3.8, 4) is 11.8 Å². The van der Waals surface area contributed by atoms with E-state index in [0.717, 1.165) is 22.8 Å². The highest BCUT2D eigenvalue weighted by molar-refractivity contribution is 7.09. The lowest BCUT2D eigenvalue weighted by Crippen LogP contribution is -1.98. The molecule has 0 aliphatic carbocycles. The third-order valence-corrected chi connectivity index (χ3v) is 2.68. The molecule has 0 saturated carbocycles. The Balaban J connectivity index is 1.94. The Kier molecular flexibility index (Phi) is 3.21. The summed E-state index contributed by atoms with van der Waals surface area (Å²) in [5, 5.41) is 12.6. The molecule has 6 heteroatoms. The standard InChI is InChI=1S/C10H11N3O2S/c1-15-8-4-2-7(3-5-8)6-11-10-12-9(14)13-16-10/h2-5H,6H2,1H3,(H2,11,12,13,14). The molecule has 0 atom stereocenters. The summed E-state index contributed by atoms with van der Waals surface area (Å²) in [5.74, 6) is 0.831. The van der Waals surface area contributed by atoms with Gasteiger partial charge in [-0.3, -0.25) is 0 Å². The number of anilines is 1. The van der Waals surface area contributed by atoms with E-state index in [1.165, 1.54) is 0 Å². The molecule has 84 valence electrons. The highest BCUT2D eigenvalue weighted by Gasteiger charge is 2.01. The Hall–Kier alpha value is -1.82. The maximum absolute atomic E-state index is 8.95. The highest BCUT2D eigenvalue weighted by Crippen LogP contribution is 2.16. The van der Waals surface area contributed by atoms with Crippen LogP contribution in [0.3, 0.4) is 0 Å². The number of hydrogen-bond acceptors (Lipinski definition) is 6. The summed E-state index contributed by atoms with van der Waals surface area (Å²) in [5.41, 5.74) is 1.11. The van der Waals surface area contributed by atoms with Gasteiger partial charge in [0.05, 0.1) is 7.11 Å². The van der Waals surface area contributed by atoms with Crippen molar-refractivity contribution in [2.24, 2.45) is 0 Å². The van der Waals surface area contributed by atoms with Gasteiger partial charge >= 0.3 is 6.01 Å². The predicted octanol–water partition coefficient (Wildman–Crippen LogP) is 1.86. The molecule has 16 heavy (non-hydrogen) atoms. The van der Waals surface area contributed by atoms with Crippen LogP contribution in [0, 0.1) is 0 Å². The van der Waals surface area contributed by atoms with Crippen molar-refractivity contribution in [1.29, 1.82) is 0 Å². The maximum atomic E-state index is 8.95. The van der Waals surface area contributed by atoms with Gasteiger partial charge in [0.1, 0.15) is 5.75 Å². The topological polar surface area (TPSA) is 67.3 Å². The van der Waals surface area contributed by atoms with E-state index in [1.807, 2.05) is 24.3 Å².